The lowest BCUT2D eigenvalue weighted by molar-refractivity contribution is -0.904. The van der Waals surface area contributed by atoms with E-state index >= 15 is 0 Å². The van der Waals surface area contributed by atoms with Gasteiger partial charge in [-0.3, -0.25) is 29.6 Å². The molecule has 4 aromatic rings. The van der Waals surface area contributed by atoms with E-state index in [1.807, 2.05) is 54.7 Å². The molecule has 0 unspecified atom stereocenters. The maximum Gasteiger partial charge on any atom is 0.415 e. The molecule has 2 aromatic carbocycles. The zero-order chi connectivity index (χ0) is 34.2. The standard InChI is InChI=1S/C18H17N3O4.C18H17N3O3/c1-11(22)19-9-17-16-8-14-7-12(13-3-2-6-20(24)10-13)4-5-15(14)21(16)18(23)25-17;1-11(22)20-10-17-16-8-14-7-12(13-3-2-6-19-9-13)4-5-15(14)21(16)18(23)24-17/h2-7,10,16-17H,8-9H2,1H3,(H-,19,22,24);2-7,9,16-17H,8,10H2,1H3,(H,20,22)/p+1/t2*16-,17-/m00/s1. The van der Waals surface area contributed by atoms with Crippen LogP contribution in [0.15, 0.2) is 85.5 Å². The van der Waals surface area contributed by atoms with Crippen LogP contribution >= 0.6 is 0 Å². The van der Waals surface area contributed by atoms with E-state index in [-0.39, 0.29) is 48.3 Å². The summed E-state index contributed by atoms with van der Waals surface area (Å²) < 4.78 is 11.8. The van der Waals surface area contributed by atoms with Gasteiger partial charge in [-0.25, -0.2) is 9.59 Å². The van der Waals surface area contributed by atoms with Gasteiger partial charge in [0, 0.05) is 37.0 Å². The highest BCUT2D eigenvalue weighted by molar-refractivity contribution is 5.95. The number of ether oxygens (including phenoxy) is 2. The normalized spacial score (nSPS) is 21.0. The predicted octanol–water partition coefficient (Wildman–Crippen LogP) is 3.40. The Morgan fingerprint density at radius 1 is 0.796 bits per heavy atom. The summed E-state index contributed by atoms with van der Waals surface area (Å²) in [6.45, 7) is 3.55. The molecular weight excluding hydrogens is 628 g/mol. The van der Waals surface area contributed by atoms with Crippen molar-refractivity contribution in [2.45, 2.75) is 51.0 Å². The molecular formula is C36H35N6O7+. The Balaban J connectivity index is 0.000000154. The zero-order valence-corrected chi connectivity index (χ0v) is 26.9. The SMILES string of the molecule is CC(=O)NC[C@@H]1OC(=O)N2c3ccc(-c4ccc[n+](O)c4)cc3C[C@@H]12.CC(=O)NC[C@@H]1OC(=O)N2c3ccc(-c4cccnc4)cc3C[C@@H]12. The summed E-state index contributed by atoms with van der Waals surface area (Å²) in [6, 6.07) is 19.3. The van der Waals surface area contributed by atoms with Crippen molar-refractivity contribution in [3.8, 4) is 22.3 Å². The first-order valence-corrected chi connectivity index (χ1v) is 16.0. The van der Waals surface area contributed by atoms with Gasteiger partial charge in [0.25, 0.3) is 0 Å². The lowest BCUT2D eigenvalue weighted by Crippen LogP contribution is -2.40. The number of anilines is 2. The highest BCUT2D eigenvalue weighted by atomic mass is 16.6. The van der Waals surface area contributed by atoms with Crippen LogP contribution in [0.25, 0.3) is 22.3 Å². The highest BCUT2D eigenvalue weighted by Gasteiger charge is 2.48. The van der Waals surface area contributed by atoms with Crippen LogP contribution in [0.5, 0.6) is 0 Å². The number of hydrogen-bond acceptors (Lipinski definition) is 8. The second-order valence-electron chi connectivity index (χ2n) is 12.4. The molecule has 0 radical (unpaired) electrons. The van der Waals surface area contributed by atoms with Crippen LogP contribution in [0.4, 0.5) is 21.0 Å². The number of nitrogens with zero attached hydrogens (tertiary/aromatic N) is 4. The third-order valence-electron chi connectivity index (χ3n) is 9.17. The van der Waals surface area contributed by atoms with Crippen LogP contribution in [-0.4, -0.2) is 71.6 Å². The smallest absolute Gasteiger partial charge is 0.415 e. The largest absolute Gasteiger partial charge is 0.442 e. The Morgan fingerprint density at radius 2 is 1.33 bits per heavy atom. The molecule has 0 spiro atoms. The Morgan fingerprint density at radius 3 is 1.82 bits per heavy atom. The molecule has 0 saturated carbocycles. The maximum atomic E-state index is 12.2. The Hall–Kier alpha value is -5.98. The molecule has 13 heteroatoms. The van der Waals surface area contributed by atoms with E-state index in [0.717, 1.165) is 55.9 Å². The molecule has 4 aliphatic rings. The molecule has 4 aliphatic heterocycles. The summed E-state index contributed by atoms with van der Waals surface area (Å²) in [4.78, 5) is 54.2. The molecule has 4 amide bonds. The predicted molar refractivity (Wildman–Crippen MR) is 177 cm³/mol. The topological polar surface area (TPSA) is 154 Å². The average Bonchev–Trinajstić information content (AvgIpc) is 3.83. The minimum atomic E-state index is -0.375. The van der Waals surface area contributed by atoms with Gasteiger partial charge in [-0.1, -0.05) is 18.2 Å². The highest BCUT2D eigenvalue weighted by Crippen LogP contribution is 2.41. The fourth-order valence-electron chi connectivity index (χ4n) is 6.92. The fourth-order valence-corrected chi connectivity index (χ4v) is 6.92. The van der Waals surface area contributed by atoms with E-state index in [2.05, 4.69) is 21.7 Å². The summed E-state index contributed by atoms with van der Waals surface area (Å²) in [5.74, 6) is -0.271. The van der Waals surface area contributed by atoms with Crippen LogP contribution in [0, 0.1) is 0 Å². The van der Waals surface area contributed by atoms with E-state index in [9.17, 15) is 24.4 Å². The Kier molecular flexibility index (Phi) is 8.33. The summed E-state index contributed by atoms with van der Waals surface area (Å²) in [5, 5.41) is 15.0. The Labute approximate surface area is 282 Å². The van der Waals surface area contributed by atoms with Crippen LogP contribution in [0.2, 0.25) is 0 Å². The first-order chi connectivity index (χ1) is 23.7. The molecule has 2 aromatic heterocycles. The number of rotatable bonds is 6. The monoisotopic (exact) mass is 663 g/mol. The molecule has 2 fully saturated rings. The summed E-state index contributed by atoms with van der Waals surface area (Å²) in [7, 11) is 0. The molecule has 250 valence electrons. The third-order valence-corrected chi connectivity index (χ3v) is 9.17. The number of nitrogens with one attached hydrogen (secondary N) is 2. The van der Waals surface area contributed by atoms with Crippen LogP contribution in [0.3, 0.4) is 0 Å². The van der Waals surface area contributed by atoms with Crippen molar-refractivity contribution in [1.82, 2.24) is 15.6 Å². The van der Waals surface area contributed by atoms with Gasteiger partial charge in [0.1, 0.15) is 12.2 Å². The van der Waals surface area contributed by atoms with Crippen LogP contribution in [0.1, 0.15) is 25.0 Å². The van der Waals surface area contributed by atoms with Gasteiger partial charge in [-0.2, -0.15) is 0 Å². The van der Waals surface area contributed by atoms with Crippen LogP contribution < -0.4 is 25.2 Å². The molecule has 0 bridgehead atoms. The van der Waals surface area contributed by atoms with Crippen molar-refractivity contribution in [1.29, 1.82) is 0 Å². The van der Waals surface area contributed by atoms with E-state index in [1.165, 1.54) is 13.8 Å². The van der Waals surface area contributed by atoms with Crippen molar-refractivity contribution in [3.63, 3.8) is 0 Å². The fraction of sp³-hybridized carbons (Fsp3) is 0.278. The van der Waals surface area contributed by atoms with Gasteiger partial charge < -0.3 is 20.1 Å². The van der Waals surface area contributed by atoms with E-state index in [0.29, 0.717) is 19.5 Å². The van der Waals surface area contributed by atoms with E-state index in [1.54, 1.807) is 34.5 Å². The minimum absolute atomic E-state index is 0.0662. The van der Waals surface area contributed by atoms with Gasteiger partial charge in [0.05, 0.1) is 42.1 Å². The molecule has 3 N–H and O–H groups in total. The number of carbonyl (C=O) groups is 4. The van der Waals surface area contributed by atoms with Gasteiger partial charge in [-0.05, 0) is 77.1 Å². The zero-order valence-electron chi connectivity index (χ0n) is 26.9. The van der Waals surface area contributed by atoms with Gasteiger partial charge >= 0.3 is 12.2 Å². The number of cyclic esters (lactones) is 2. The molecule has 6 heterocycles. The minimum Gasteiger partial charge on any atom is -0.442 e. The van der Waals surface area contributed by atoms with Crippen molar-refractivity contribution in [2.24, 2.45) is 0 Å². The number of fused-ring (bicyclic) bond motifs is 6. The summed E-state index contributed by atoms with van der Waals surface area (Å²) in [5.41, 5.74) is 7.89. The number of aromatic nitrogens is 2. The van der Waals surface area contributed by atoms with Crippen LogP contribution in [-0.2, 0) is 31.9 Å². The molecule has 0 aliphatic carbocycles. The first-order valence-electron chi connectivity index (χ1n) is 16.0. The van der Waals surface area contributed by atoms with Crippen molar-refractivity contribution < 1.29 is 38.6 Å². The number of pyridine rings is 2. The van der Waals surface area contributed by atoms with Gasteiger partial charge in [0.2, 0.25) is 24.2 Å². The molecule has 8 rings (SSSR count). The number of amides is 4. The lowest BCUT2D eigenvalue weighted by Gasteiger charge is -2.16. The third kappa shape index (κ3) is 6.22. The van der Waals surface area contributed by atoms with Gasteiger partial charge in [-0.15, -0.1) is 0 Å². The summed E-state index contributed by atoms with van der Waals surface area (Å²) in [6.07, 6.45) is 6.75. The molecule has 2 saturated heterocycles. The van der Waals surface area contributed by atoms with Gasteiger partial charge in [0.15, 0.2) is 0 Å². The number of benzene rings is 2. The molecule has 49 heavy (non-hydrogen) atoms. The van der Waals surface area contributed by atoms with Crippen molar-refractivity contribution in [2.75, 3.05) is 22.9 Å². The lowest BCUT2D eigenvalue weighted by atomic mass is 10.0. The first kappa shape index (κ1) is 31.6. The van der Waals surface area contributed by atoms with Crippen molar-refractivity contribution >= 4 is 35.4 Å². The maximum absolute atomic E-state index is 12.2. The molecule has 4 atom stereocenters. The number of hydrogen-bond donors (Lipinski definition) is 3. The second-order valence-corrected chi connectivity index (χ2v) is 12.4. The molecule has 13 nitrogen and oxygen atoms in total. The summed E-state index contributed by atoms with van der Waals surface area (Å²) >= 11 is 0. The number of carbonyl (C=O) groups excluding carboxylic acids is 4. The van der Waals surface area contributed by atoms with Crippen molar-refractivity contribution in [3.05, 3.63) is 96.6 Å². The average molecular weight is 664 g/mol. The second kappa shape index (κ2) is 12.9. The van der Waals surface area contributed by atoms with E-state index < -0.39 is 0 Å². The quantitative estimate of drug-likeness (QED) is 0.210. The Bertz CT molecular complexity index is 1950. The van der Waals surface area contributed by atoms with E-state index in [4.69, 9.17) is 9.47 Å².